The Labute approximate surface area is 80.0 Å². The van der Waals surface area contributed by atoms with Gasteiger partial charge in [-0.1, -0.05) is 38.0 Å². The molecule has 2 heteroatoms. The smallest absolute Gasteiger partial charge is 0.331 e. The Bertz CT molecular complexity index is 202. The van der Waals surface area contributed by atoms with Gasteiger partial charge in [-0.2, -0.15) is 0 Å². The highest BCUT2D eigenvalue weighted by Gasteiger charge is 2.04. The number of unbranched alkanes of at least 4 members (excludes halogenated alkanes) is 2. The van der Waals surface area contributed by atoms with E-state index in [-0.39, 0.29) is 0 Å². The van der Waals surface area contributed by atoms with Gasteiger partial charge in [0.05, 0.1) is 0 Å². The van der Waals surface area contributed by atoms with E-state index in [4.69, 9.17) is 5.11 Å². The summed E-state index contributed by atoms with van der Waals surface area (Å²) in [7, 11) is 0. The molecule has 1 N–H and O–H groups in total. The molecule has 0 heterocycles. The summed E-state index contributed by atoms with van der Waals surface area (Å²) in [5.41, 5.74) is 0.506. The third-order valence-corrected chi connectivity index (χ3v) is 1.81. The molecule has 2 nitrogen and oxygen atoms in total. The van der Waals surface area contributed by atoms with Crippen LogP contribution in [-0.2, 0) is 4.79 Å². The van der Waals surface area contributed by atoms with Crippen molar-refractivity contribution in [3.63, 3.8) is 0 Å². The normalized spacial score (nSPS) is 12.3. The molecule has 74 valence electrons. The van der Waals surface area contributed by atoms with Gasteiger partial charge in [0.25, 0.3) is 0 Å². The summed E-state index contributed by atoms with van der Waals surface area (Å²) in [4.78, 5) is 10.7. The van der Waals surface area contributed by atoms with Gasteiger partial charge in [0.15, 0.2) is 0 Å². The van der Waals surface area contributed by atoms with E-state index in [1.54, 1.807) is 12.2 Å². The molecule has 0 aliphatic heterocycles. The van der Waals surface area contributed by atoms with Gasteiger partial charge < -0.3 is 5.11 Å². The molecule has 0 aromatic rings. The highest BCUT2D eigenvalue weighted by molar-refractivity contribution is 5.86. The van der Waals surface area contributed by atoms with Crippen molar-refractivity contribution in [1.82, 2.24) is 0 Å². The number of carboxylic acid groups (broad SMARTS) is 1. The Hall–Kier alpha value is -1.05. The van der Waals surface area contributed by atoms with Crippen molar-refractivity contribution in [2.45, 2.75) is 39.5 Å². The van der Waals surface area contributed by atoms with Gasteiger partial charge in [-0.15, -0.1) is 0 Å². The second-order valence-electron chi connectivity index (χ2n) is 2.98. The first-order valence-corrected chi connectivity index (χ1v) is 4.77. The zero-order valence-electron chi connectivity index (χ0n) is 8.42. The highest BCUT2D eigenvalue weighted by atomic mass is 16.4. The summed E-state index contributed by atoms with van der Waals surface area (Å²) in [5, 5.41) is 8.80. The molecule has 0 saturated carbocycles. The summed E-state index contributed by atoms with van der Waals surface area (Å²) in [5.74, 6) is -0.797. The molecule has 0 aliphatic rings. The number of carbonyl (C=O) groups is 1. The lowest BCUT2D eigenvalue weighted by Gasteiger charge is -1.99. The average Bonchev–Trinajstić information content (AvgIpc) is 2.10. The SMILES string of the molecule is C/C=C/C=C(\CCCCC)C(=O)O. The Morgan fingerprint density at radius 2 is 2.08 bits per heavy atom. The fourth-order valence-corrected chi connectivity index (χ4v) is 1.04. The molecule has 0 radical (unpaired) electrons. The molecule has 0 rings (SSSR count). The van der Waals surface area contributed by atoms with Crippen molar-refractivity contribution in [3.8, 4) is 0 Å². The second-order valence-corrected chi connectivity index (χ2v) is 2.98. The van der Waals surface area contributed by atoms with Crippen molar-refractivity contribution in [2.75, 3.05) is 0 Å². The Kier molecular flexibility index (Phi) is 6.98. The summed E-state index contributed by atoms with van der Waals surface area (Å²) in [6.07, 6.45) is 9.15. The van der Waals surface area contributed by atoms with Crippen molar-refractivity contribution in [2.24, 2.45) is 0 Å². The van der Waals surface area contributed by atoms with E-state index in [9.17, 15) is 4.79 Å². The van der Waals surface area contributed by atoms with Crippen LogP contribution in [0.2, 0.25) is 0 Å². The molecule has 13 heavy (non-hydrogen) atoms. The lowest BCUT2D eigenvalue weighted by atomic mass is 10.1. The van der Waals surface area contributed by atoms with E-state index in [2.05, 4.69) is 6.92 Å². The molecule has 0 aliphatic carbocycles. The van der Waals surface area contributed by atoms with E-state index < -0.39 is 5.97 Å². The number of aliphatic carboxylic acids is 1. The van der Waals surface area contributed by atoms with Crippen molar-refractivity contribution >= 4 is 5.97 Å². The fourth-order valence-electron chi connectivity index (χ4n) is 1.04. The maximum absolute atomic E-state index is 10.7. The second kappa shape index (κ2) is 7.59. The largest absolute Gasteiger partial charge is 0.478 e. The monoisotopic (exact) mass is 182 g/mol. The van der Waals surface area contributed by atoms with Gasteiger partial charge in [0.1, 0.15) is 0 Å². The summed E-state index contributed by atoms with van der Waals surface area (Å²) < 4.78 is 0. The predicted molar refractivity (Wildman–Crippen MR) is 54.7 cm³/mol. The van der Waals surface area contributed by atoms with Crippen LogP contribution >= 0.6 is 0 Å². The third kappa shape index (κ3) is 6.14. The minimum absolute atomic E-state index is 0.506. The summed E-state index contributed by atoms with van der Waals surface area (Å²) in [6, 6.07) is 0. The lowest BCUT2D eigenvalue weighted by molar-refractivity contribution is -0.132. The Morgan fingerprint density at radius 1 is 1.38 bits per heavy atom. The molecule has 0 aromatic carbocycles. The molecule has 0 aromatic heterocycles. The van der Waals surface area contributed by atoms with Crippen LogP contribution in [0.1, 0.15) is 39.5 Å². The van der Waals surface area contributed by atoms with Crippen LogP contribution in [0.25, 0.3) is 0 Å². The van der Waals surface area contributed by atoms with Gasteiger partial charge in [-0.3, -0.25) is 0 Å². The van der Waals surface area contributed by atoms with Crippen LogP contribution in [0, 0.1) is 0 Å². The fraction of sp³-hybridized carbons (Fsp3) is 0.545. The van der Waals surface area contributed by atoms with Gasteiger partial charge in [-0.05, 0) is 19.8 Å². The van der Waals surface area contributed by atoms with Crippen molar-refractivity contribution in [1.29, 1.82) is 0 Å². The molecule has 0 unspecified atom stereocenters. The van der Waals surface area contributed by atoms with Gasteiger partial charge in [-0.25, -0.2) is 4.79 Å². The molecule has 0 saturated heterocycles. The standard InChI is InChI=1S/C11H18O2/c1-3-5-7-9-10(11(12)13)8-6-4-2/h4,6,8H,3,5,7,9H2,1-2H3,(H,12,13)/b6-4+,10-8+. The number of carboxylic acids is 1. The van der Waals surface area contributed by atoms with Crippen LogP contribution in [0.5, 0.6) is 0 Å². The molecule has 0 atom stereocenters. The molecule has 0 fully saturated rings. The van der Waals surface area contributed by atoms with Crippen LogP contribution < -0.4 is 0 Å². The Morgan fingerprint density at radius 3 is 2.54 bits per heavy atom. The number of allylic oxidation sites excluding steroid dienone is 3. The first kappa shape index (κ1) is 11.9. The van der Waals surface area contributed by atoms with E-state index in [1.165, 1.54) is 0 Å². The predicted octanol–water partition coefficient (Wildman–Crippen LogP) is 3.15. The summed E-state index contributed by atoms with van der Waals surface area (Å²) >= 11 is 0. The number of rotatable bonds is 6. The van der Waals surface area contributed by atoms with Crippen molar-refractivity contribution < 1.29 is 9.90 Å². The van der Waals surface area contributed by atoms with E-state index >= 15 is 0 Å². The van der Waals surface area contributed by atoms with E-state index in [1.807, 2.05) is 13.0 Å². The molecular formula is C11H18O2. The third-order valence-electron chi connectivity index (χ3n) is 1.81. The van der Waals surface area contributed by atoms with Crippen LogP contribution in [0.15, 0.2) is 23.8 Å². The van der Waals surface area contributed by atoms with E-state index in [0.717, 1.165) is 19.3 Å². The average molecular weight is 182 g/mol. The zero-order valence-corrected chi connectivity index (χ0v) is 8.42. The maximum atomic E-state index is 10.7. The maximum Gasteiger partial charge on any atom is 0.331 e. The van der Waals surface area contributed by atoms with Crippen LogP contribution in [-0.4, -0.2) is 11.1 Å². The zero-order chi connectivity index (χ0) is 10.1. The van der Waals surface area contributed by atoms with Crippen molar-refractivity contribution in [3.05, 3.63) is 23.8 Å². The first-order chi connectivity index (χ1) is 6.22. The van der Waals surface area contributed by atoms with Gasteiger partial charge >= 0.3 is 5.97 Å². The topological polar surface area (TPSA) is 37.3 Å². The minimum atomic E-state index is -0.797. The quantitative estimate of drug-likeness (QED) is 0.389. The summed E-state index contributed by atoms with van der Waals surface area (Å²) in [6.45, 7) is 3.98. The van der Waals surface area contributed by atoms with Crippen LogP contribution in [0.3, 0.4) is 0 Å². The van der Waals surface area contributed by atoms with Gasteiger partial charge in [0, 0.05) is 5.57 Å². The molecule has 0 amide bonds. The molecular weight excluding hydrogens is 164 g/mol. The molecule has 0 bridgehead atoms. The van der Waals surface area contributed by atoms with Gasteiger partial charge in [0.2, 0.25) is 0 Å². The first-order valence-electron chi connectivity index (χ1n) is 4.77. The lowest BCUT2D eigenvalue weighted by Crippen LogP contribution is -2.00. The number of hydrogen-bond donors (Lipinski definition) is 1. The Balaban J connectivity index is 4.03. The molecule has 0 spiro atoms. The minimum Gasteiger partial charge on any atom is -0.478 e. The number of hydrogen-bond acceptors (Lipinski definition) is 1. The highest BCUT2D eigenvalue weighted by Crippen LogP contribution is 2.09. The van der Waals surface area contributed by atoms with Crippen LogP contribution in [0.4, 0.5) is 0 Å². The van der Waals surface area contributed by atoms with E-state index in [0.29, 0.717) is 12.0 Å².